The molecule has 1 aromatic heterocycles. The molecule has 5 nitrogen and oxygen atoms in total. The number of ketones is 1. The predicted octanol–water partition coefficient (Wildman–Crippen LogP) is 2.91. The lowest BCUT2D eigenvalue weighted by Gasteiger charge is -2.16. The van der Waals surface area contributed by atoms with E-state index in [1.807, 2.05) is 0 Å². The standard InChI is InChI=1S/C17H15NO4S/c19-14(15-6-3-9-23-15)11-22-17(21)12-4-1-5-13(10-12)18-8-2-7-16(18)20/h1,3-6,9-10H,2,7-8,11H2. The van der Waals surface area contributed by atoms with Gasteiger partial charge in [-0.3, -0.25) is 9.59 Å². The Labute approximate surface area is 137 Å². The van der Waals surface area contributed by atoms with Crippen molar-refractivity contribution < 1.29 is 19.1 Å². The van der Waals surface area contributed by atoms with Gasteiger partial charge in [-0.25, -0.2) is 4.79 Å². The summed E-state index contributed by atoms with van der Waals surface area (Å²) in [5, 5.41) is 1.80. The first-order valence-electron chi connectivity index (χ1n) is 7.29. The average Bonchev–Trinajstić information content (AvgIpc) is 3.24. The molecule has 0 bridgehead atoms. The van der Waals surface area contributed by atoms with Crippen LogP contribution in [0, 0.1) is 0 Å². The zero-order chi connectivity index (χ0) is 16.2. The number of thiophene rings is 1. The Morgan fingerprint density at radius 1 is 1.22 bits per heavy atom. The summed E-state index contributed by atoms with van der Waals surface area (Å²) in [5.74, 6) is -0.731. The van der Waals surface area contributed by atoms with Crippen molar-refractivity contribution >= 4 is 34.7 Å². The van der Waals surface area contributed by atoms with Gasteiger partial charge in [0.1, 0.15) is 0 Å². The Bertz CT molecular complexity index is 739. The molecule has 0 unspecified atom stereocenters. The highest BCUT2D eigenvalue weighted by Gasteiger charge is 2.22. The number of carbonyl (C=O) groups is 3. The first kappa shape index (κ1) is 15.4. The minimum Gasteiger partial charge on any atom is -0.454 e. The second kappa shape index (κ2) is 6.75. The smallest absolute Gasteiger partial charge is 0.338 e. The lowest BCUT2D eigenvalue weighted by Crippen LogP contribution is -2.24. The maximum Gasteiger partial charge on any atom is 0.338 e. The number of rotatable bonds is 5. The number of esters is 1. The zero-order valence-corrected chi connectivity index (χ0v) is 13.2. The van der Waals surface area contributed by atoms with E-state index in [0.717, 1.165) is 6.42 Å². The van der Waals surface area contributed by atoms with Crippen molar-refractivity contribution in [1.82, 2.24) is 0 Å². The fraction of sp³-hybridized carbons (Fsp3) is 0.235. The molecule has 118 valence electrons. The third-order valence-electron chi connectivity index (χ3n) is 3.60. The summed E-state index contributed by atoms with van der Waals surface area (Å²) in [6, 6.07) is 10.2. The molecule has 0 aliphatic carbocycles. The van der Waals surface area contributed by atoms with E-state index in [4.69, 9.17) is 4.74 Å². The van der Waals surface area contributed by atoms with E-state index in [1.54, 1.807) is 46.7 Å². The number of ether oxygens (including phenoxy) is 1. The Kier molecular flexibility index (Phi) is 4.52. The van der Waals surface area contributed by atoms with Gasteiger partial charge in [0.2, 0.25) is 11.7 Å². The minimum absolute atomic E-state index is 0.0587. The number of hydrogen-bond donors (Lipinski definition) is 0. The number of nitrogens with zero attached hydrogens (tertiary/aromatic N) is 1. The third-order valence-corrected chi connectivity index (χ3v) is 4.51. The van der Waals surface area contributed by atoms with Crippen molar-refractivity contribution in [3.63, 3.8) is 0 Å². The van der Waals surface area contributed by atoms with Gasteiger partial charge in [-0.05, 0) is 36.1 Å². The molecule has 0 atom stereocenters. The van der Waals surface area contributed by atoms with Gasteiger partial charge < -0.3 is 9.64 Å². The number of hydrogen-bond acceptors (Lipinski definition) is 5. The summed E-state index contributed by atoms with van der Waals surface area (Å²) in [6.45, 7) is 0.375. The van der Waals surface area contributed by atoms with Gasteiger partial charge in [0.25, 0.3) is 0 Å². The third kappa shape index (κ3) is 3.48. The normalized spacial score (nSPS) is 14.1. The van der Waals surface area contributed by atoms with Crippen molar-refractivity contribution in [2.24, 2.45) is 0 Å². The molecule has 23 heavy (non-hydrogen) atoms. The second-order valence-electron chi connectivity index (χ2n) is 5.18. The summed E-state index contributed by atoms with van der Waals surface area (Å²) in [6.07, 6.45) is 1.35. The second-order valence-corrected chi connectivity index (χ2v) is 6.12. The molecule has 0 radical (unpaired) electrons. The summed E-state index contributed by atoms with van der Waals surface area (Å²) in [5.41, 5.74) is 1.02. The fourth-order valence-corrected chi connectivity index (χ4v) is 3.10. The van der Waals surface area contributed by atoms with Crippen molar-refractivity contribution in [1.29, 1.82) is 0 Å². The van der Waals surface area contributed by atoms with Gasteiger partial charge in [-0.2, -0.15) is 0 Å². The van der Waals surface area contributed by atoms with Crippen LogP contribution in [0.1, 0.15) is 32.9 Å². The number of carbonyl (C=O) groups excluding carboxylic acids is 3. The van der Waals surface area contributed by atoms with E-state index in [-0.39, 0.29) is 18.3 Å². The predicted molar refractivity (Wildman–Crippen MR) is 87.0 cm³/mol. The van der Waals surface area contributed by atoms with E-state index in [1.165, 1.54) is 11.3 Å². The number of amides is 1. The summed E-state index contributed by atoms with van der Waals surface area (Å²) in [7, 11) is 0. The van der Waals surface area contributed by atoms with Crippen LogP contribution in [0.2, 0.25) is 0 Å². The quantitative estimate of drug-likeness (QED) is 0.625. The Balaban J connectivity index is 1.65. The Hall–Kier alpha value is -2.47. The summed E-state index contributed by atoms with van der Waals surface area (Å²) >= 11 is 1.31. The van der Waals surface area contributed by atoms with Gasteiger partial charge in [-0.15, -0.1) is 11.3 Å². The van der Waals surface area contributed by atoms with Gasteiger partial charge in [0, 0.05) is 18.7 Å². The van der Waals surface area contributed by atoms with Crippen LogP contribution in [0.4, 0.5) is 5.69 Å². The molecule has 1 aliphatic rings. The zero-order valence-electron chi connectivity index (χ0n) is 12.4. The maximum atomic E-state index is 12.1. The van der Waals surface area contributed by atoms with Gasteiger partial charge in [-0.1, -0.05) is 12.1 Å². The van der Waals surface area contributed by atoms with Crippen molar-refractivity contribution in [3.05, 3.63) is 52.2 Å². The lowest BCUT2D eigenvalue weighted by molar-refractivity contribution is -0.117. The van der Waals surface area contributed by atoms with Crippen LogP contribution >= 0.6 is 11.3 Å². The van der Waals surface area contributed by atoms with E-state index >= 15 is 0 Å². The van der Waals surface area contributed by atoms with Gasteiger partial charge in [0.15, 0.2) is 6.61 Å². The molecule has 1 aromatic carbocycles. The summed E-state index contributed by atoms with van der Waals surface area (Å²) < 4.78 is 5.07. The Morgan fingerprint density at radius 3 is 2.78 bits per heavy atom. The maximum absolute atomic E-state index is 12.1. The van der Waals surface area contributed by atoms with Crippen LogP contribution in [0.3, 0.4) is 0 Å². The molecule has 1 amide bonds. The first-order chi connectivity index (χ1) is 11.1. The highest BCUT2D eigenvalue weighted by molar-refractivity contribution is 7.12. The molecule has 1 aliphatic heterocycles. The highest BCUT2D eigenvalue weighted by atomic mass is 32.1. The molecule has 0 N–H and O–H groups in total. The van der Waals surface area contributed by atoms with Crippen LogP contribution in [-0.4, -0.2) is 30.8 Å². The molecule has 2 aromatic rings. The molecule has 1 saturated heterocycles. The lowest BCUT2D eigenvalue weighted by atomic mass is 10.2. The summed E-state index contributed by atoms with van der Waals surface area (Å²) in [4.78, 5) is 37.9. The number of anilines is 1. The van der Waals surface area contributed by atoms with Crippen molar-refractivity contribution in [2.75, 3.05) is 18.1 Å². The average molecular weight is 329 g/mol. The topological polar surface area (TPSA) is 63.7 Å². The Morgan fingerprint density at radius 2 is 2.09 bits per heavy atom. The molecule has 2 heterocycles. The number of benzene rings is 1. The molecule has 0 saturated carbocycles. The molecular formula is C17H15NO4S. The van der Waals surface area contributed by atoms with Crippen LogP contribution < -0.4 is 4.90 Å². The van der Waals surface area contributed by atoms with E-state index in [0.29, 0.717) is 29.1 Å². The largest absolute Gasteiger partial charge is 0.454 e. The van der Waals surface area contributed by atoms with Crippen molar-refractivity contribution in [2.45, 2.75) is 12.8 Å². The molecular weight excluding hydrogens is 314 g/mol. The van der Waals surface area contributed by atoms with E-state index in [9.17, 15) is 14.4 Å². The SMILES string of the molecule is O=C(OCC(=O)c1cccs1)c1cccc(N2CCCC2=O)c1. The number of Topliss-reactive ketones (excluding diaryl/α,β-unsaturated/α-hetero) is 1. The van der Waals surface area contributed by atoms with Crippen molar-refractivity contribution in [3.8, 4) is 0 Å². The van der Waals surface area contributed by atoms with Crippen LogP contribution in [-0.2, 0) is 9.53 Å². The van der Waals surface area contributed by atoms with Crippen LogP contribution in [0.25, 0.3) is 0 Å². The monoisotopic (exact) mass is 329 g/mol. The van der Waals surface area contributed by atoms with Crippen LogP contribution in [0.15, 0.2) is 41.8 Å². The highest BCUT2D eigenvalue weighted by Crippen LogP contribution is 2.22. The van der Waals surface area contributed by atoms with E-state index in [2.05, 4.69) is 0 Å². The van der Waals surface area contributed by atoms with Crippen LogP contribution in [0.5, 0.6) is 0 Å². The molecule has 1 fully saturated rings. The minimum atomic E-state index is -0.566. The first-order valence-corrected chi connectivity index (χ1v) is 8.17. The van der Waals surface area contributed by atoms with E-state index < -0.39 is 5.97 Å². The molecule has 3 rings (SSSR count). The fourth-order valence-electron chi connectivity index (χ4n) is 2.44. The van der Waals surface area contributed by atoms with Gasteiger partial charge >= 0.3 is 5.97 Å². The van der Waals surface area contributed by atoms with Gasteiger partial charge in [0.05, 0.1) is 10.4 Å². The molecule has 0 spiro atoms. The molecule has 6 heteroatoms.